The first-order chi connectivity index (χ1) is 9.15. The molecule has 4 heteroatoms. The quantitative estimate of drug-likeness (QED) is 0.756. The number of hydrogen-bond acceptors (Lipinski definition) is 3. The third-order valence-corrected chi connectivity index (χ3v) is 3.48. The lowest BCUT2D eigenvalue weighted by atomic mass is 10.1. The maximum atomic E-state index is 6.19. The molecule has 3 N–H and O–H groups in total. The van der Waals surface area contributed by atoms with Crippen LogP contribution in [0.2, 0.25) is 0 Å². The summed E-state index contributed by atoms with van der Waals surface area (Å²) in [5, 5.41) is 1.21. The summed E-state index contributed by atoms with van der Waals surface area (Å²) in [5.41, 5.74) is 9.42. The standard InChI is InChI=1S/C15H17N3O/c1-9-10(2)19-15(18-9)13(16)7-11-8-17-14-6-4-3-5-12(11)14/h3-6,8,13,17H,7,16H2,1-2H3. The highest BCUT2D eigenvalue weighted by molar-refractivity contribution is 5.83. The minimum absolute atomic E-state index is 0.216. The Hall–Kier alpha value is -2.07. The van der Waals surface area contributed by atoms with E-state index in [-0.39, 0.29) is 6.04 Å². The van der Waals surface area contributed by atoms with Crippen LogP contribution in [0, 0.1) is 13.8 Å². The minimum atomic E-state index is -0.216. The van der Waals surface area contributed by atoms with Gasteiger partial charge in [-0.3, -0.25) is 0 Å². The molecule has 0 saturated heterocycles. The predicted octanol–water partition coefficient (Wildman–Crippen LogP) is 3.02. The van der Waals surface area contributed by atoms with Crippen molar-refractivity contribution in [2.45, 2.75) is 26.3 Å². The molecular weight excluding hydrogens is 238 g/mol. The number of aryl methyl sites for hydroxylation is 2. The summed E-state index contributed by atoms with van der Waals surface area (Å²) in [6.45, 7) is 3.84. The first-order valence-electron chi connectivity index (χ1n) is 6.39. The van der Waals surface area contributed by atoms with Crippen LogP contribution in [0.4, 0.5) is 0 Å². The van der Waals surface area contributed by atoms with Gasteiger partial charge in [-0.1, -0.05) is 18.2 Å². The number of nitrogens with one attached hydrogen (secondary N) is 1. The molecule has 0 aliphatic rings. The van der Waals surface area contributed by atoms with Gasteiger partial charge in [0.2, 0.25) is 5.89 Å². The number of nitrogens with two attached hydrogens (primary N) is 1. The van der Waals surface area contributed by atoms with Gasteiger partial charge in [0.1, 0.15) is 5.76 Å². The van der Waals surface area contributed by atoms with Crippen LogP contribution in [0.3, 0.4) is 0 Å². The Morgan fingerprint density at radius 3 is 2.84 bits per heavy atom. The Kier molecular flexibility index (Phi) is 2.87. The molecule has 19 heavy (non-hydrogen) atoms. The predicted molar refractivity (Wildman–Crippen MR) is 74.9 cm³/mol. The smallest absolute Gasteiger partial charge is 0.211 e. The largest absolute Gasteiger partial charge is 0.444 e. The van der Waals surface area contributed by atoms with Gasteiger partial charge < -0.3 is 15.1 Å². The first kappa shape index (κ1) is 12.0. The summed E-state index contributed by atoms with van der Waals surface area (Å²) in [5.74, 6) is 1.45. The van der Waals surface area contributed by atoms with E-state index < -0.39 is 0 Å². The molecule has 0 amide bonds. The molecular formula is C15H17N3O. The van der Waals surface area contributed by atoms with Crippen LogP contribution in [0.25, 0.3) is 10.9 Å². The van der Waals surface area contributed by atoms with Gasteiger partial charge in [-0.25, -0.2) is 4.98 Å². The van der Waals surface area contributed by atoms with Crippen LogP contribution in [0.5, 0.6) is 0 Å². The van der Waals surface area contributed by atoms with Crippen molar-refractivity contribution in [3.8, 4) is 0 Å². The third-order valence-electron chi connectivity index (χ3n) is 3.48. The molecule has 1 atom stereocenters. The number of nitrogens with zero attached hydrogens (tertiary/aromatic N) is 1. The number of benzene rings is 1. The molecule has 1 unspecified atom stereocenters. The number of aromatic nitrogens is 2. The monoisotopic (exact) mass is 255 g/mol. The van der Waals surface area contributed by atoms with Crippen LogP contribution in [-0.2, 0) is 6.42 Å². The normalized spacial score (nSPS) is 13.0. The topological polar surface area (TPSA) is 67.8 Å². The van der Waals surface area contributed by atoms with E-state index in [1.54, 1.807) is 0 Å². The second kappa shape index (κ2) is 4.55. The lowest BCUT2D eigenvalue weighted by Gasteiger charge is -2.06. The summed E-state index contributed by atoms with van der Waals surface area (Å²) < 4.78 is 5.59. The zero-order valence-corrected chi connectivity index (χ0v) is 11.1. The van der Waals surface area contributed by atoms with E-state index in [0.29, 0.717) is 12.3 Å². The Morgan fingerprint density at radius 2 is 2.11 bits per heavy atom. The van der Waals surface area contributed by atoms with Crippen molar-refractivity contribution in [2.75, 3.05) is 0 Å². The highest BCUT2D eigenvalue weighted by atomic mass is 16.4. The van der Waals surface area contributed by atoms with E-state index in [4.69, 9.17) is 10.2 Å². The van der Waals surface area contributed by atoms with E-state index in [9.17, 15) is 0 Å². The summed E-state index contributed by atoms with van der Waals surface area (Å²) in [6.07, 6.45) is 2.72. The van der Waals surface area contributed by atoms with Crippen LogP contribution >= 0.6 is 0 Å². The van der Waals surface area contributed by atoms with E-state index in [0.717, 1.165) is 17.0 Å². The maximum Gasteiger partial charge on any atom is 0.211 e. The molecule has 2 aromatic heterocycles. The van der Waals surface area contributed by atoms with E-state index in [1.165, 1.54) is 10.9 Å². The van der Waals surface area contributed by atoms with Crippen molar-refractivity contribution < 1.29 is 4.42 Å². The van der Waals surface area contributed by atoms with Crippen molar-refractivity contribution in [1.29, 1.82) is 0 Å². The number of para-hydroxylation sites is 1. The highest BCUT2D eigenvalue weighted by Gasteiger charge is 2.16. The van der Waals surface area contributed by atoms with Gasteiger partial charge in [-0.2, -0.15) is 0 Å². The lowest BCUT2D eigenvalue weighted by Crippen LogP contribution is -2.13. The Bertz CT molecular complexity index is 692. The zero-order valence-electron chi connectivity index (χ0n) is 11.1. The molecule has 0 spiro atoms. The fourth-order valence-electron chi connectivity index (χ4n) is 2.28. The van der Waals surface area contributed by atoms with E-state index in [2.05, 4.69) is 22.1 Å². The summed E-state index contributed by atoms with van der Waals surface area (Å²) in [6, 6.07) is 7.99. The minimum Gasteiger partial charge on any atom is -0.444 e. The number of aromatic amines is 1. The summed E-state index contributed by atoms with van der Waals surface area (Å²) in [7, 11) is 0. The maximum absolute atomic E-state index is 6.19. The fourth-order valence-corrected chi connectivity index (χ4v) is 2.28. The van der Waals surface area contributed by atoms with Crippen molar-refractivity contribution in [3.05, 3.63) is 53.4 Å². The molecule has 0 saturated carbocycles. The van der Waals surface area contributed by atoms with Crippen LogP contribution < -0.4 is 5.73 Å². The first-order valence-corrected chi connectivity index (χ1v) is 6.39. The third kappa shape index (κ3) is 2.15. The van der Waals surface area contributed by atoms with Gasteiger partial charge in [0.15, 0.2) is 0 Å². The Labute approximate surface area is 111 Å². The molecule has 98 valence electrons. The SMILES string of the molecule is Cc1nc(C(N)Cc2c[nH]c3ccccc23)oc1C. The van der Waals surface area contributed by atoms with Crippen molar-refractivity contribution in [1.82, 2.24) is 9.97 Å². The summed E-state index contributed by atoms with van der Waals surface area (Å²) in [4.78, 5) is 7.62. The second-order valence-electron chi connectivity index (χ2n) is 4.86. The molecule has 1 aromatic carbocycles. The molecule has 0 aliphatic carbocycles. The Balaban J connectivity index is 1.88. The van der Waals surface area contributed by atoms with Crippen molar-refractivity contribution >= 4 is 10.9 Å². The van der Waals surface area contributed by atoms with Gasteiger partial charge >= 0.3 is 0 Å². The van der Waals surface area contributed by atoms with Gasteiger partial charge in [-0.15, -0.1) is 0 Å². The lowest BCUT2D eigenvalue weighted by molar-refractivity contribution is 0.431. The molecule has 0 aliphatic heterocycles. The second-order valence-corrected chi connectivity index (χ2v) is 4.86. The van der Waals surface area contributed by atoms with E-state index in [1.807, 2.05) is 32.2 Å². The molecule has 2 heterocycles. The number of oxazole rings is 1. The molecule has 3 aromatic rings. The number of hydrogen-bond donors (Lipinski definition) is 2. The van der Waals surface area contributed by atoms with Gasteiger partial charge in [-0.05, 0) is 31.9 Å². The molecule has 4 nitrogen and oxygen atoms in total. The molecule has 0 bridgehead atoms. The van der Waals surface area contributed by atoms with Gasteiger partial charge in [0.25, 0.3) is 0 Å². The van der Waals surface area contributed by atoms with Crippen LogP contribution in [0.15, 0.2) is 34.9 Å². The zero-order chi connectivity index (χ0) is 13.4. The van der Waals surface area contributed by atoms with E-state index >= 15 is 0 Å². The molecule has 3 rings (SSSR count). The molecule has 0 fully saturated rings. The highest BCUT2D eigenvalue weighted by Crippen LogP contribution is 2.23. The van der Waals surface area contributed by atoms with Gasteiger partial charge in [0.05, 0.1) is 11.7 Å². The average Bonchev–Trinajstić information content (AvgIpc) is 2.95. The number of H-pyrrole nitrogens is 1. The van der Waals surface area contributed by atoms with Crippen LogP contribution in [0.1, 0.15) is 29.0 Å². The molecule has 0 radical (unpaired) electrons. The fraction of sp³-hybridized carbons (Fsp3) is 0.267. The summed E-state index contributed by atoms with van der Waals surface area (Å²) >= 11 is 0. The van der Waals surface area contributed by atoms with Gasteiger partial charge in [0, 0.05) is 17.1 Å². The average molecular weight is 255 g/mol. The van der Waals surface area contributed by atoms with Crippen molar-refractivity contribution in [3.63, 3.8) is 0 Å². The Morgan fingerprint density at radius 1 is 1.32 bits per heavy atom. The van der Waals surface area contributed by atoms with Crippen LogP contribution in [-0.4, -0.2) is 9.97 Å². The number of fused-ring (bicyclic) bond motifs is 1. The number of rotatable bonds is 3. The van der Waals surface area contributed by atoms with Crippen molar-refractivity contribution in [2.24, 2.45) is 5.73 Å².